The van der Waals surface area contributed by atoms with Crippen molar-refractivity contribution < 1.29 is 19.1 Å². The fourth-order valence-electron chi connectivity index (χ4n) is 7.97. The first-order chi connectivity index (χ1) is 18.3. The smallest absolute Gasteiger partial charge is 0.272 e. The molecule has 3 amide bonds. The van der Waals surface area contributed by atoms with Crippen molar-refractivity contribution in [3.8, 4) is 5.75 Å². The van der Waals surface area contributed by atoms with E-state index in [4.69, 9.17) is 4.74 Å². The first kappa shape index (κ1) is 23.2. The molecule has 4 fully saturated rings. The number of rotatable bonds is 5. The average molecular weight is 515 g/mol. The number of amides is 3. The molecule has 2 unspecified atom stereocenters. The van der Waals surface area contributed by atoms with Gasteiger partial charge in [0.2, 0.25) is 0 Å². The van der Waals surface area contributed by atoms with Crippen molar-refractivity contribution in [1.29, 1.82) is 0 Å². The van der Waals surface area contributed by atoms with Gasteiger partial charge in [0.05, 0.1) is 16.8 Å². The Kier molecular flexibility index (Phi) is 5.05. The topological polar surface area (TPSA) is 138 Å². The van der Waals surface area contributed by atoms with Crippen LogP contribution >= 0.6 is 0 Å². The van der Waals surface area contributed by atoms with Crippen LogP contribution in [0, 0.1) is 17.3 Å². The SMILES string of the molecule is CC12CC3CC(C1)CC(NC(=O)c1c[nH]c4c(C(=O)NCc5ccc6c(c5)NC(=O)CO6)ncnc14)(C3)C2. The molecule has 0 saturated heterocycles. The maximum absolute atomic E-state index is 13.5. The van der Waals surface area contributed by atoms with Crippen molar-refractivity contribution in [1.82, 2.24) is 25.6 Å². The third kappa shape index (κ3) is 3.90. The third-order valence-corrected chi connectivity index (χ3v) is 8.79. The Bertz CT molecular complexity index is 1480. The lowest BCUT2D eigenvalue weighted by atomic mass is 9.47. The molecule has 0 spiro atoms. The van der Waals surface area contributed by atoms with Crippen molar-refractivity contribution in [3.63, 3.8) is 0 Å². The van der Waals surface area contributed by atoms with Crippen LogP contribution in [0.25, 0.3) is 11.0 Å². The number of aromatic amines is 1. The summed E-state index contributed by atoms with van der Waals surface area (Å²) in [6.45, 7) is 2.60. The number of aromatic nitrogens is 3. The first-order valence-corrected chi connectivity index (χ1v) is 13.3. The molecule has 4 saturated carbocycles. The van der Waals surface area contributed by atoms with Gasteiger partial charge in [0.25, 0.3) is 17.7 Å². The number of carbonyl (C=O) groups excluding carboxylic acids is 3. The second-order valence-electron chi connectivity index (χ2n) is 12.0. The van der Waals surface area contributed by atoms with Crippen molar-refractivity contribution in [2.24, 2.45) is 17.3 Å². The average Bonchev–Trinajstić information content (AvgIpc) is 3.30. The van der Waals surface area contributed by atoms with Crippen molar-refractivity contribution >= 4 is 34.4 Å². The van der Waals surface area contributed by atoms with E-state index in [0.717, 1.165) is 24.8 Å². The Morgan fingerprint density at radius 3 is 2.74 bits per heavy atom. The van der Waals surface area contributed by atoms with E-state index in [1.54, 1.807) is 18.3 Å². The molecule has 2 aromatic heterocycles. The summed E-state index contributed by atoms with van der Waals surface area (Å²) < 4.78 is 5.38. The van der Waals surface area contributed by atoms with E-state index in [0.29, 0.717) is 45.3 Å². The van der Waals surface area contributed by atoms with Gasteiger partial charge in [0, 0.05) is 18.3 Å². The lowest BCUT2D eigenvalue weighted by molar-refractivity contribution is -0.118. The van der Waals surface area contributed by atoms with Gasteiger partial charge in [-0.05, 0) is 73.5 Å². The minimum Gasteiger partial charge on any atom is -0.482 e. The highest BCUT2D eigenvalue weighted by Gasteiger charge is 2.56. The number of nitrogens with one attached hydrogen (secondary N) is 4. The van der Waals surface area contributed by atoms with Crippen molar-refractivity contribution in [3.05, 3.63) is 47.5 Å². The summed E-state index contributed by atoms with van der Waals surface area (Å²) >= 11 is 0. The molecule has 4 N–H and O–H groups in total. The molecule has 2 atom stereocenters. The summed E-state index contributed by atoms with van der Waals surface area (Å²) in [5.41, 5.74) is 3.02. The highest BCUT2D eigenvalue weighted by Crippen LogP contribution is 2.61. The van der Waals surface area contributed by atoms with Gasteiger partial charge in [-0.25, -0.2) is 9.97 Å². The van der Waals surface area contributed by atoms with Crippen LogP contribution in [0.15, 0.2) is 30.7 Å². The van der Waals surface area contributed by atoms with E-state index in [-0.39, 0.29) is 36.2 Å². The molecule has 4 bridgehead atoms. The van der Waals surface area contributed by atoms with E-state index < -0.39 is 5.91 Å². The van der Waals surface area contributed by atoms with Crippen LogP contribution in [-0.4, -0.2) is 44.8 Å². The number of H-pyrrole nitrogens is 1. The fourth-order valence-corrected chi connectivity index (χ4v) is 7.97. The largest absolute Gasteiger partial charge is 0.482 e. The molecule has 8 rings (SSSR count). The summed E-state index contributed by atoms with van der Waals surface area (Å²) in [7, 11) is 0. The Morgan fingerprint density at radius 1 is 1.13 bits per heavy atom. The third-order valence-electron chi connectivity index (χ3n) is 8.79. The number of hydrogen-bond donors (Lipinski definition) is 4. The molecule has 196 valence electrons. The number of benzene rings is 1. The van der Waals surface area contributed by atoms with Crippen molar-refractivity contribution in [2.75, 3.05) is 11.9 Å². The molecule has 10 nitrogen and oxygen atoms in total. The Balaban J connectivity index is 1.08. The second-order valence-corrected chi connectivity index (χ2v) is 12.0. The predicted molar refractivity (Wildman–Crippen MR) is 139 cm³/mol. The molecular formula is C28H30N6O4. The van der Waals surface area contributed by atoms with Crippen LogP contribution in [-0.2, 0) is 11.3 Å². The van der Waals surface area contributed by atoms with Gasteiger partial charge in [0.15, 0.2) is 12.3 Å². The summed E-state index contributed by atoms with van der Waals surface area (Å²) in [6.07, 6.45) is 9.91. The monoisotopic (exact) mass is 514 g/mol. The van der Waals surface area contributed by atoms with E-state index in [1.165, 1.54) is 25.6 Å². The highest BCUT2D eigenvalue weighted by molar-refractivity contribution is 6.10. The van der Waals surface area contributed by atoms with Gasteiger partial charge in [-0.3, -0.25) is 14.4 Å². The first-order valence-electron chi connectivity index (χ1n) is 13.3. The minimum absolute atomic E-state index is 0.00957. The maximum atomic E-state index is 13.5. The summed E-state index contributed by atoms with van der Waals surface area (Å²) in [5, 5.41) is 9.04. The number of hydrogen-bond acceptors (Lipinski definition) is 6. The van der Waals surface area contributed by atoms with E-state index in [1.807, 2.05) is 6.07 Å². The zero-order valence-electron chi connectivity index (χ0n) is 21.2. The van der Waals surface area contributed by atoms with Gasteiger partial charge >= 0.3 is 0 Å². The van der Waals surface area contributed by atoms with E-state index in [2.05, 4.69) is 37.8 Å². The Labute approximate surface area is 219 Å². The molecule has 3 aromatic rings. The number of ether oxygens (including phenoxy) is 1. The number of carbonyl (C=O) groups is 3. The van der Waals surface area contributed by atoms with Crippen LogP contribution in [0.3, 0.4) is 0 Å². The van der Waals surface area contributed by atoms with Crippen LogP contribution in [0.4, 0.5) is 5.69 Å². The quantitative estimate of drug-likeness (QED) is 0.412. The molecule has 0 radical (unpaired) electrons. The molecule has 3 heterocycles. The van der Waals surface area contributed by atoms with Crippen molar-refractivity contribution in [2.45, 2.75) is 57.5 Å². The van der Waals surface area contributed by atoms with E-state index in [9.17, 15) is 14.4 Å². The lowest BCUT2D eigenvalue weighted by Crippen LogP contribution is -2.62. The van der Waals surface area contributed by atoms with Crippen LogP contribution in [0.1, 0.15) is 71.9 Å². The maximum Gasteiger partial charge on any atom is 0.272 e. The summed E-state index contributed by atoms with van der Waals surface area (Å²) in [5.74, 6) is 1.23. The fraction of sp³-hybridized carbons (Fsp3) is 0.464. The molecule has 38 heavy (non-hydrogen) atoms. The molecule has 4 aliphatic carbocycles. The van der Waals surface area contributed by atoms with Gasteiger partial charge in [-0.1, -0.05) is 13.0 Å². The Morgan fingerprint density at radius 2 is 1.95 bits per heavy atom. The number of anilines is 1. The molecule has 1 aliphatic heterocycles. The molecular weight excluding hydrogens is 484 g/mol. The lowest BCUT2D eigenvalue weighted by Gasteiger charge is -2.61. The predicted octanol–water partition coefficient (Wildman–Crippen LogP) is 3.31. The Hall–Kier alpha value is -3.95. The standard InChI is InChI=1S/C28H30N6O4/c1-27-6-16-4-17(7-27)9-28(8-16,13-27)34-25(36)18-11-29-23-22(18)31-14-32-24(23)26(37)30-10-15-2-3-20-19(5-15)33-21(35)12-38-20/h2-3,5,11,14,16-17,29H,4,6-10,12-13H2,1H3,(H,30,37)(H,33,35)(H,34,36). The number of fused-ring (bicyclic) bond motifs is 2. The number of nitrogens with zero attached hydrogens (tertiary/aromatic N) is 2. The summed E-state index contributed by atoms with van der Waals surface area (Å²) in [6, 6.07) is 5.36. The molecule has 5 aliphatic rings. The highest BCUT2D eigenvalue weighted by atomic mass is 16.5. The normalized spacial score (nSPS) is 28.9. The minimum atomic E-state index is -0.391. The van der Waals surface area contributed by atoms with Gasteiger partial charge in [0.1, 0.15) is 17.6 Å². The summed E-state index contributed by atoms with van der Waals surface area (Å²) in [4.78, 5) is 49.8. The second kappa shape index (κ2) is 8.28. The van der Waals surface area contributed by atoms with Gasteiger partial charge < -0.3 is 25.7 Å². The zero-order valence-corrected chi connectivity index (χ0v) is 21.2. The van der Waals surface area contributed by atoms with Gasteiger partial charge in [-0.2, -0.15) is 0 Å². The van der Waals surface area contributed by atoms with Gasteiger partial charge in [-0.15, -0.1) is 0 Å². The zero-order chi connectivity index (χ0) is 26.1. The van der Waals surface area contributed by atoms with Crippen LogP contribution < -0.4 is 20.7 Å². The molecule has 10 heteroatoms. The van der Waals surface area contributed by atoms with Crippen LogP contribution in [0.5, 0.6) is 5.75 Å². The molecule has 1 aromatic carbocycles. The van der Waals surface area contributed by atoms with E-state index >= 15 is 0 Å². The van der Waals surface area contributed by atoms with Crippen LogP contribution in [0.2, 0.25) is 0 Å².